The average Bonchev–Trinajstić information content (AvgIpc) is 2.94. The van der Waals surface area contributed by atoms with Gasteiger partial charge in [-0.15, -0.1) is 0 Å². The monoisotopic (exact) mass is 404 g/mol. The lowest BCUT2D eigenvalue weighted by Crippen LogP contribution is -2.61. The number of rotatable bonds is 3. The molecule has 4 aliphatic rings. The molecular weight excluding hydrogens is 371 g/mol. The summed E-state index contributed by atoms with van der Waals surface area (Å²) in [6.45, 7) is 7.34. The number of halogens is 1. The summed E-state index contributed by atoms with van der Waals surface area (Å²) in [6, 6.07) is 0. The number of ketones is 2. The van der Waals surface area contributed by atoms with E-state index in [9.17, 15) is 14.4 Å². The lowest BCUT2D eigenvalue weighted by atomic mass is 9.45. The predicted molar refractivity (Wildman–Crippen MR) is 107 cm³/mol. The van der Waals surface area contributed by atoms with Gasteiger partial charge in [0.15, 0.2) is 17.2 Å². The minimum absolute atomic E-state index is 0.127. The first-order valence-corrected chi connectivity index (χ1v) is 11.2. The van der Waals surface area contributed by atoms with Crippen LogP contribution in [0.5, 0.6) is 0 Å². The van der Waals surface area contributed by atoms with Crippen LogP contribution in [-0.4, -0.2) is 29.3 Å². The number of ether oxygens (including phenoxy) is 1. The second-order valence-corrected chi connectivity index (χ2v) is 10.3. The highest BCUT2D eigenvalue weighted by Crippen LogP contribution is 2.68. The van der Waals surface area contributed by atoms with Crippen molar-refractivity contribution in [3.63, 3.8) is 0 Å². The summed E-state index contributed by atoms with van der Waals surface area (Å²) < 4.78 is 21.8. The lowest BCUT2D eigenvalue weighted by molar-refractivity contribution is -0.194. The van der Waals surface area contributed by atoms with Crippen LogP contribution in [0.1, 0.15) is 79.1 Å². The van der Waals surface area contributed by atoms with Crippen LogP contribution in [0.4, 0.5) is 4.39 Å². The fraction of sp³-hybridized carbons (Fsp3) is 0.792. The molecule has 0 aromatic heterocycles. The van der Waals surface area contributed by atoms with Gasteiger partial charge in [0.2, 0.25) is 0 Å². The van der Waals surface area contributed by atoms with Gasteiger partial charge in [-0.25, -0.2) is 4.39 Å². The SMILES string of the molecule is CCC(=O)O[C@]1(C(C)=O)CC[C@H]2[C@@H]3CCC4=CC(=O)CC[C@]4(C)[C@H]3C(F)C[C@@]21C. The van der Waals surface area contributed by atoms with Gasteiger partial charge in [-0.2, -0.15) is 0 Å². The van der Waals surface area contributed by atoms with Crippen LogP contribution in [0.15, 0.2) is 11.6 Å². The Morgan fingerprint density at radius 3 is 2.59 bits per heavy atom. The summed E-state index contributed by atoms with van der Waals surface area (Å²) in [7, 11) is 0. The first-order chi connectivity index (χ1) is 13.6. The molecule has 7 atom stereocenters. The summed E-state index contributed by atoms with van der Waals surface area (Å²) in [5, 5.41) is 0. The van der Waals surface area contributed by atoms with Crippen LogP contribution in [0.25, 0.3) is 0 Å². The molecule has 4 aliphatic carbocycles. The molecule has 0 N–H and O–H groups in total. The van der Waals surface area contributed by atoms with E-state index in [-0.39, 0.29) is 53.5 Å². The zero-order chi connectivity index (χ0) is 21.2. The van der Waals surface area contributed by atoms with E-state index in [4.69, 9.17) is 4.74 Å². The first-order valence-electron chi connectivity index (χ1n) is 11.2. The van der Waals surface area contributed by atoms with Gasteiger partial charge < -0.3 is 4.74 Å². The van der Waals surface area contributed by atoms with Crippen molar-refractivity contribution in [2.45, 2.75) is 90.8 Å². The second kappa shape index (κ2) is 6.75. The number of esters is 1. The topological polar surface area (TPSA) is 60.4 Å². The Balaban J connectivity index is 1.74. The number of carbonyl (C=O) groups is 3. The van der Waals surface area contributed by atoms with E-state index in [1.165, 1.54) is 6.92 Å². The van der Waals surface area contributed by atoms with Gasteiger partial charge in [0.1, 0.15) is 6.17 Å². The van der Waals surface area contributed by atoms with Gasteiger partial charge in [0.25, 0.3) is 0 Å². The second-order valence-electron chi connectivity index (χ2n) is 10.3. The summed E-state index contributed by atoms with van der Waals surface area (Å²) in [5.41, 5.74) is -1.04. The van der Waals surface area contributed by atoms with Crippen LogP contribution < -0.4 is 0 Å². The van der Waals surface area contributed by atoms with Crippen molar-refractivity contribution in [1.82, 2.24) is 0 Å². The van der Waals surface area contributed by atoms with E-state index in [1.54, 1.807) is 13.0 Å². The minimum Gasteiger partial charge on any atom is -0.450 e. The maximum atomic E-state index is 16.0. The molecule has 0 saturated heterocycles. The van der Waals surface area contributed by atoms with Crippen LogP contribution in [0.3, 0.4) is 0 Å². The molecule has 29 heavy (non-hydrogen) atoms. The van der Waals surface area contributed by atoms with Crippen molar-refractivity contribution in [2.75, 3.05) is 0 Å². The van der Waals surface area contributed by atoms with E-state index in [1.807, 2.05) is 6.92 Å². The fourth-order valence-electron chi connectivity index (χ4n) is 7.69. The van der Waals surface area contributed by atoms with Crippen molar-refractivity contribution in [2.24, 2.45) is 28.6 Å². The van der Waals surface area contributed by atoms with Crippen molar-refractivity contribution in [3.8, 4) is 0 Å². The van der Waals surface area contributed by atoms with E-state index in [0.717, 1.165) is 24.8 Å². The van der Waals surface area contributed by atoms with E-state index in [2.05, 4.69) is 6.92 Å². The highest BCUT2D eigenvalue weighted by atomic mass is 19.1. The molecule has 4 nitrogen and oxygen atoms in total. The third kappa shape index (κ3) is 2.71. The summed E-state index contributed by atoms with van der Waals surface area (Å²) in [6.07, 6.45) is 5.30. The Morgan fingerprint density at radius 2 is 1.93 bits per heavy atom. The number of fused-ring (bicyclic) bond motifs is 5. The zero-order valence-electron chi connectivity index (χ0n) is 18.1. The largest absolute Gasteiger partial charge is 0.450 e. The molecule has 4 rings (SSSR count). The Hall–Kier alpha value is -1.52. The highest BCUT2D eigenvalue weighted by Gasteiger charge is 2.70. The molecule has 5 heteroatoms. The molecule has 0 heterocycles. The number of Topliss-reactive ketones (excluding diaryl/α,β-unsaturated/α-hetero) is 1. The first kappa shape index (κ1) is 20.7. The van der Waals surface area contributed by atoms with E-state index >= 15 is 4.39 Å². The van der Waals surface area contributed by atoms with E-state index in [0.29, 0.717) is 19.3 Å². The standard InChI is InChI=1S/C24H33FO4/c1-5-20(28)29-24(14(2)26)11-9-18-17-7-6-15-12-16(27)8-10-22(15,3)21(17)19(25)13-23(18,24)4/h12,17-19,21H,5-11,13H2,1-4H3/t17-,18-,19?,21+,22-,23-,24-/m0/s1. The quantitative estimate of drug-likeness (QED) is 0.637. The van der Waals surface area contributed by atoms with Crippen molar-refractivity contribution in [1.29, 1.82) is 0 Å². The number of alkyl halides is 1. The van der Waals surface area contributed by atoms with Crippen LogP contribution in [-0.2, 0) is 19.1 Å². The predicted octanol–water partition coefficient (Wildman–Crippen LogP) is 4.75. The molecular formula is C24H33FO4. The van der Waals surface area contributed by atoms with Gasteiger partial charge in [-0.1, -0.05) is 26.3 Å². The Labute approximate surface area is 172 Å². The molecule has 0 aromatic carbocycles. The number of hydrogen-bond acceptors (Lipinski definition) is 4. The van der Waals surface area contributed by atoms with Crippen LogP contribution >= 0.6 is 0 Å². The van der Waals surface area contributed by atoms with Crippen molar-refractivity contribution in [3.05, 3.63) is 11.6 Å². The van der Waals surface area contributed by atoms with Gasteiger partial charge in [-0.3, -0.25) is 14.4 Å². The number of hydrogen-bond donors (Lipinski definition) is 0. The van der Waals surface area contributed by atoms with Crippen LogP contribution in [0, 0.1) is 28.6 Å². The number of allylic oxidation sites excluding steroid dienone is 1. The maximum absolute atomic E-state index is 16.0. The normalized spacial score (nSPS) is 46.2. The van der Waals surface area contributed by atoms with Crippen molar-refractivity contribution >= 4 is 17.5 Å². The molecule has 0 radical (unpaired) electrons. The Bertz CT molecular complexity index is 788. The highest BCUT2D eigenvalue weighted by molar-refractivity contribution is 5.92. The maximum Gasteiger partial charge on any atom is 0.306 e. The molecule has 3 fully saturated rings. The Morgan fingerprint density at radius 1 is 1.21 bits per heavy atom. The van der Waals surface area contributed by atoms with Gasteiger partial charge in [-0.05, 0) is 68.8 Å². The van der Waals surface area contributed by atoms with Crippen molar-refractivity contribution < 1.29 is 23.5 Å². The molecule has 0 spiro atoms. The van der Waals surface area contributed by atoms with Gasteiger partial charge in [0, 0.05) is 24.2 Å². The van der Waals surface area contributed by atoms with Gasteiger partial charge >= 0.3 is 5.97 Å². The van der Waals surface area contributed by atoms with Gasteiger partial charge in [0.05, 0.1) is 0 Å². The van der Waals surface area contributed by atoms with E-state index < -0.39 is 17.2 Å². The summed E-state index contributed by atoms with van der Waals surface area (Å²) in [5.74, 6) is -0.190. The number of carbonyl (C=O) groups excluding carboxylic acids is 3. The summed E-state index contributed by atoms with van der Waals surface area (Å²) in [4.78, 5) is 37.0. The lowest BCUT2D eigenvalue weighted by Gasteiger charge is -2.60. The van der Waals surface area contributed by atoms with Crippen LogP contribution in [0.2, 0.25) is 0 Å². The molecule has 3 saturated carbocycles. The summed E-state index contributed by atoms with van der Waals surface area (Å²) >= 11 is 0. The third-order valence-corrected chi connectivity index (χ3v) is 9.12. The molecule has 1 unspecified atom stereocenters. The molecule has 0 aliphatic heterocycles. The minimum atomic E-state index is -1.21. The molecule has 0 aromatic rings. The third-order valence-electron chi connectivity index (χ3n) is 9.12. The molecule has 0 bridgehead atoms. The Kier molecular flexibility index (Phi) is 4.83. The smallest absolute Gasteiger partial charge is 0.306 e. The molecule has 160 valence electrons. The average molecular weight is 405 g/mol. The molecule has 0 amide bonds. The fourth-order valence-corrected chi connectivity index (χ4v) is 7.69. The zero-order valence-corrected chi connectivity index (χ0v) is 18.1.